The smallest absolute Gasteiger partial charge is 0.339 e. The van der Waals surface area contributed by atoms with Crippen LogP contribution in [-0.2, 0) is 33.3 Å². The molecule has 7 rings (SSSR count). The van der Waals surface area contributed by atoms with Crippen molar-refractivity contribution in [2.24, 2.45) is 28.1 Å². The van der Waals surface area contributed by atoms with Crippen LogP contribution in [0.2, 0.25) is 0 Å². The highest BCUT2D eigenvalue weighted by Gasteiger charge is 2.92. The number of rotatable bonds is 1. The van der Waals surface area contributed by atoms with Crippen LogP contribution in [0.5, 0.6) is 0 Å². The molecule has 0 radical (unpaired) electrons. The Bertz CT molecular complexity index is 1190. The van der Waals surface area contributed by atoms with E-state index < -0.39 is 87.5 Å². The maximum Gasteiger partial charge on any atom is 0.339 e. The maximum atomic E-state index is 14.1. The van der Waals surface area contributed by atoms with Gasteiger partial charge in [-0.3, -0.25) is 9.59 Å². The molecule has 6 aliphatic rings. The number of Topliss-reactive ketones (excluding diaryl/α,β-unsaturated/α-hetero) is 1. The molecule has 0 bridgehead atoms. The van der Waals surface area contributed by atoms with Crippen LogP contribution in [-0.4, -0.2) is 70.2 Å². The minimum absolute atomic E-state index is 0.0276. The van der Waals surface area contributed by atoms with Crippen LogP contribution in [0, 0.1) is 28.1 Å². The second-order valence-corrected chi connectivity index (χ2v) is 12.4. The second kappa shape index (κ2) is 6.40. The molecule has 2 N–H and O–H groups in total. The average molecular weight is 503 g/mol. The Morgan fingerprint density at radius 1 is 1.00 bits per heavy atom. The van der Waals surface area contributed by atoms with Crippen molar-refractivity contribution in [1.82, 2.24) is 0 Å². The number of aliphatic hydroxyl groups is 2. The predicted octanol–water partition coefficient (Wildman–Crippen LogP) is 1.08. The quantitative estimate of drug-likeness (QED) is 0.423. The number of aliphatic hydroxyl groups excluding tert-OH is 2. The number of esters is 2. The summed E-state index contributed by atoms with van der Waals surface area (Å²) < 4.78 is 29.3. The minimum atomic E-state index is -1.50. The molecule has 10 nitrogen and oxygen atoms in total. The van der Waals surface area contributed by atoms with E-state index in [0.717, 1.165) is 0 Å². The van der Waals surface area contributed by atoms with Gasteiger partial charge < -0.3 is 33.6 Å². The lowest BCUT2D eigenvalue weighted by Crippen LogP contribution is -2.78. The largest absolute Gasteiger partial charge is 0.472 e. The fourth-order valence-electron chi connectivity index (χ4n) is 9.45. The summed E-state index contributed by atoms with van der Waals surface area (Å²) >= 11 is 0. The van der Waals surface area contributed by atoms with Crippen LogP contribution in [0.1, 0.15) is 52.2 Å². The Balaban J connectivity index is 1.46. The zero-order valence-corrected chi connectivity index (χ0v) is 20.6. The molecule has 1 aromatic heterocycles. The van der Waals surface area contributed by atoms with Gasteiger partial charge in [-0.2, -0.15) is 0 Å². The van der Waals surface area contributed by atoms with Gasteiger partial charge in [-0.05, 0) is 32.3 Å². The number of furan rings is 1. The van der Waals surface area contributed by atoms with E-state index in [9.17, 15) is 24.6 Å². The lowest BCUT2D eigenvalue weighted by atomic mass is 9.36. The third-order valence-corrected chi connectivity index (χ3v) is 10.8. The Labute approximate surface area is 207 Å². The fourth-order valence-corrected chi connectivity index (χ4v) is 9.45. The highest BCUT2D eigenvalue weighted by molar-refractivity contribution is 5.92. The Morgan fingerprint density at radius 2 is 1.75 bits per heavy atom. The van der Waals surface area contributed by atoms with Gasteiger partial charge in [0.05, 0.1) is 48.1 Å². The molecule has 11 atom stereocenters. The zero-order chi connectivity index (χ0) is 25.6. The number of hydrogen-bond acceptors (Lipinski definition) is 10. The Kier molecular flexibility index (Phi) is 4.07. The van der Waals surface area contributed by atoms with E-state index in [4.69, 9.17) is 23.4 Å². The summed E-state index contributed by atoms with van der Waals surface area (Å²) in [7, 11) is 0. The van der Waals surface area contributed by atoms with Crippen molar-refractivity contribution in [2.75, 3.05) is 6.61 Å². The molecule has 0 aromatic carbocycles. The molecular weight excluding hydrogens is 472 g/mol. The Hall–Kier alpha value is -2.27. The summed E-state index contributed by atoms with van der Waals surface area (Å²) in [4.78, 5) is 39.6. The lowest BCUT2D eigenvalue weighted by Gasteiger charge is -2.67. The SMILES string of the molecule is CC1(C)O[C@H]2CC(=O)OC[C@]23[C@H]2C[C@H](O)[C@@]4(C)[C@H](c5ccoc5)OC(=O)[C@H]5O[C@]54[C@]2(C)[C@@H](O)C(=O)[C@@H]13. The van der Waals surface area contributed by atoms with E-state index in [-0.39, 0.29) is 19.4 Å². The fraction of sp³-hybridized carbons (Fsp3) is 0.731. The van der Waals surface area contributed by atoms with E-state index >= 15 is 0 Å². The third-order valence-electron chi connectivity index (χ3n) is 10.8. The first-order valence-electron chi connectivity index (χ1n) is 12.5. The van der Waals surface area contributed by atoms with E-state index in [1.54, 1.807) is 33.8 Å². The highest BCUT2D eigenvalue weighted by Crippen LogP contribution is 2.80. The first-order chi connectivity index (χ1) is 16.9. The summed E-state index contributed by atoms with van der Waals surface area (Å²) in [5, 5.41) is 23.7. The van der Waals surface area contributed by atoms with E-state index in [1.807, 2.05) is 0 Å². The normalized spacial score (nSPS) is 54.3. The number of carbonyl (C=O) groups is 3. The molecular formula is C26H30O10. The van der Waals surface area contributed by atoms with E-state index in [2.05, 4.69) is 0 Å². The molecule has 0 unspecified atom stereocenters. The summed E-state index contributed by atoms with van der Waals surface area (Å²) in [6.07, 6.45) is -2.07. The number of cyclic esters (lactones) is 2. The molecule has 194 valence electrons. The van der Waals surface area contributed by atoms with Gasteiger partial charge >= 0.3 is 11.9 Å². The van der Waals surface area contributed by atoms with E-state index in [1.165, 1.54) is 12.5 Å². The lowest BCUT2D eigenvalue weighted by molar-refractivity contribution is -0.276. The average Bonchev–Trinajstić information content (AvgIpc) is 3.28. The first kappa shape index (κ1) is 22.9. The molecule has 6 fully saturated rings. The molecule has 2 aliphatic carbocycles. The first-order valence-corrected chi connectivity index (χ1v) is 12.5. The van der Waals surface area contributed by atoms with Crippen LogP contribution >= 0.6 is 0 Å². The Morgan fingerprint density at radius 3 is 2.44 bits per heavy atom. The van der Waals surface area contributed by atoms with Crippen molar-refractivity contribution < 1.29 is 48.0 Å². The van der Waals surface area contributed by atoms with Crippen molar-refractivity contribution in [3.63, 3.8) is 0 Å². The summed E-state index contributed by atoms with van der Waals surface area (Å²) in [6.45, 7) is 7.08. The van der Waals surface area contributed by atoms with Crippen LogP contribution in [0.25, 0.3) is 0 Å². The number of hydrogen-bond donors (Lipinski definition) is 2. The molecule has 10 heteroatoms. The third kappa shape index (κ3) is 2.13. The summed E-state index contributed by atoms with van der Waals surface area (Å²) in [5.74, 6) is -2.75. The van der Waals surface area contributed by atoms with Gasteiger partial charge in [0.25, 0.3) is 0 Å². The molecule has 4 saturated heterocycles. The van der Waals surface area contributed by atoms with Crippen LogP contribution in [0.3, 0.4) is 0 Å². The number of ether oxygens (including phenoxy) is 4. The van der Waals surface area contributed by atoms with Crippen LogP contribution in [0.15, 0.2) is 23.0 Å². The zero-order valence-electron chi connectivity index (χ0n) is 20.6. The maximum absolute atomic E-state index is 14.1. The van der Waals surface area contributed by atoms with Crippen molar-refractivity contribution in [2.45, 2.75) is 82.3 Å². The van der Waals surface area contributed by atoms with Crippen LogP contribution < -0.4 is 0 Å². The number of carbonyl (C=O) groups excluding carboxylic acids is 3. The molecule has 36 heavy (non-hydrogen) atoms. The van der Waals surface area contributed by atoms with Gasteiger partial charge in [-0.25, -0.2) is 4.79 Å². The van der Waals surface area contributed by atoms with Crippen molar-refractivity contribution in [1.29, 1.82) is 0 Å². The topological polar surface area (TPSA) is 145 Å². The molecule has 0 amide bonds. The van der Waals surface area contributed by atoms with Gasteiger partial charge in [-0.1, -0.05) is 13.8 Å². The van der Waals surface area contributed by atoms with Crippen molar-refractivity contribution in [3.05, 3.63) is 24.2 Å². The molecule has 5 heterocycles. The second-order valence-electron chi connectivity index (χ2n) is 12.4. The summed E-state index contributed by atoms with van der Waals surface area (Å²) in [6, 6.07) is 1.67. The van der Waals surface area contributed by atoms with E-state index in [0.29, 0.717) is 5.56 Å². The highest BCUT2D eigenvalue weighted by atomic mass is 16.7. The predicted molar refractivity (Wildman–Crippen MR) is 117 cm³/mol. The summed E-state index contributed by atoms with van der Waals surface area (Å²) in [5.41, 5.74) is -5.28. The minimum Gasteiger partial charge on any atom is -0.472 e. The van der Waals surface area contributed by atoms with Gasteiger partial charge in [0.1, 0.15) is 24.4 Å². The van der Waals surface area contributed by atoms with Crippen molar-refractivity contribution >= 4 is 17.7 Å². The molecule has 1 aromatic rings. The van der Waals surface area contributed by atoms with Gasteiger partial charge in [0, 0.05) is 16.4 Å². The number of ketones is 1. The molecule has 2 saturated carbocycles. The standard InChI is InChI=1S/C26H30O10/c1-22(2)17-16(29)18(30)23(3)12(25(17)10-33-15(28)8-14(25)35-22)7-13(27)24(4)19(11-5-6-32-9-11)34-21(31)20-26(23,24)36-20/h5-6,9,12-14,17-20,27,30H,7-8,10H2,1-4H3/t12-,13-,14-,17-,18-,19-,20+,23-,24-,25-,26-/m0/s1. The van der Waals surface area contributed by atoms with Gasteiger partial charge in [-0.15, -0.1) is 0 Å². The van der Waals surface area contributed by atoms with Crippen LogP contribution in [0.4, 0.5) is 0 Å². The van der Waals surface area contributed by atoms with Gasteiger partial charge in [0.15, 0.2) is 11.9 Å². The number of fused-ring (bicyclic) bond motifs is 1. The van der Waals surface area contributed by atoms with Gasteiger partial charge in [0.2, 0.25) is 0 Å². The monoisotopic (exact) mass is 502 g/mol. The molecule has 2 spiro atoms. The molecule has 4 aliphatic heterocycles. The van der Waals surface area contributed by atoms with Crippen molar-refractivity contribution in [3.8, 4) is 0 Å². The number of epoxide rings is 1.